The van der Waals surface area contributed by atoms with Crippen LogP contribution < -0.4 is 14.4 Å². The molecule has 0 aliphatic carbocycles. The van der Waals surface area contributed by atoms with Crippen molar-refractivity contribution < 1.29 is 18.3 Å². The van der Waals surface area contributed by atoms with Crippen molar-refractivity contribution in [1.82, 2.24) is 0 Å². The second kappa shape index (κ2) is 12.6. The first-order valence-electron chi connectivity index (χ1n) is 12.6. The molecule has 0 bridgehead atoms. The minimum absolute atomic E-state index is 0.172. The summed E-state index contributed by atoms with van der Waals surface area (Å²) < 4.78 is 32.5. The lowest BCUT2D eigenvalue weighted by Crippen LogP contribution is -2.23. The monoisotopic (exact) mass is 530 g/mol. The number of benzene rings is 4. The van der Waals surface area contributed by atoms with Crippen LogP contribution in [0.3, 0.4) is 0 Å². The average molecular weight is 531 g/mol. The van der Waals surface area contributed by atoms with Crippen LogP contribution in [0.1, 0.15) is 28.7 Å². The number of ether oxygens (including phenoxy) is 1. The minimum atomic E-state index is -3.39. The van der Waals surface area contributed by atoms with Gasteiger partial charge >= 0.3 is 0 Å². The van der Waals surface area contributed by atoms with Crippen molar-refractivity contribution >= 4 is 21.4 Å². The summed E-state index contributed by atoms with van der Waals surface area (Å²) >= 11 is 0. The van der Waals surface area contributed by atoms with Crippen molar-refractivity contribution in [3.8, 4) is 11.5 Å². The number of sulfonamides is 1. The highest BCUT2D eigenvalue weighted by atomic mass is 32.2. The van der Waals surface area contributed by atoms with Crippen molar-refractivity contribution in [1.29, 1.82) is 0 Å². The van der Waals surface area contributed by atoms with Gasteiger partial charge in [0.05, 0.1) is 11.9 Å². The molecular weight excluding hydrogens is 496 g/mol. The van der Waals surface area contributed by atoms with E-state index < -0.39 is 10.0 Å². The molecule has 0 saturated carbocycles. The largest absolute Gasteiger partial charge is 0.457 e. The Morgan fingerprint density at radius 1 is 0.789 bits per heavy atom. The number of aliphatic hydroxyl groups excluding tert-OH is 1. The molecule has 0 aliphatic heterocycles. The highest BCUT2D eigenvalue weighted by molar-refractivity contribution is 7.92. The number of hydrogen-bond donors (Lipinski definition) is 2. The summed E-state index contributed by atoms with van der Waals surface area (Å²) in [5.74, 6) is 1.52. The zero-order valence-electron chi connectivity index (χ0n) is 21.8. The molecule has 0 heterocycles. The summed E-state index contributed by atoms with van der Waals surface area (Å²) in [7, 11) is -3.39. The van der Waals surface area contributed by atoms with Gasteiger partial charge in [-0.25, -0.2) is 8.42 Å². The van der Waals surface area contributed by atoms with Crippen LogP contribution in [-0.4, -0.2) is 26.4 Å². The minimum Gasteiger partial charge on any atom is -0.457 e. The van der Waals surface area contributed by atoms with E-state index in [0.29, 0.717) is 18.8 Å². The highest BCUT2D eigenvalue weighted by Crippen LogP contribution is 2.31. The Morgan fingerprint density at radius 2 is 1.45 bits per heavy atom. The third-order valence-corrected chi connectivity index (χ3v) is 6.80. The van der Waals surface area contributed by atoms with E-state index in [4.69, 9.17) is 9.84 Å². The Kier molecular flexibility index (Phi) is 9.05. The fraction of sp³-hybridized carbons (Fsp3) is 0.226. The predicted octanol–water partition coefficient (Wildman–Crippen LogP) is 6.29. The number of nitrogens with one attached hydrogen (secondary N) is 1. The third-order valence-electron chi connectivity index (χ3n) is 6.21. The molecular formula is C31H34N2O4S. The Hall–Kier alpha value is -3.81. The van der Waals surface area contributed by atoms with Gasteiger partial charge < -0.3 is 14.7 Å². The lowest BCUT2D eigenvalue weighted by Gasteiger charge is -2.28. The summed E-state index contributed by atoms with van der Waals surface area (Å²) in [5, 5.41) is 9.09. The summed E-state index contributed by atoms with van der Waals surface area (Å²) in [6.07, 6.45) is 2.70. The molecule has 0 unspecified atom stereocenters. The van der Waals surface area contributed by atoms with Crippen LogP contribution >= 0.6 is 0 Å². The first-order chi connectivity index (χ1) is 18.3. The van der Waals surface area contributed by atoms with Gasteiger partial charge in [0.2, 0.25) is 10.0 Å². The second-order valence-electron chi connectivity index (χ2n) is 9.39. The summed E-state index contributed by atoms with van der Waals surface area (Å²) in [6.45, 7) is 3.41. The Bertz CT molecular complexity index is 1440. The van der Waals surface area contributed by atoms with Crippen LogP contribution in [-0.2, 0) is 29.5 Å². The summed E-state index contributed by atoms with van der Waals surface area (Å²) in [5.41, 5.74) is 5.80. The smallest absolute Gasteiger partial charge is 0.229 e. The molecule has 38 heavy (non-hydrogen) atoms. The molecule has 198 valence electrons. The average Bonchev–Trinajstić information content (AvgIpc) is 2.89. The number of rotatable bonds is 12. The molecule has 2 N–H and O–H groups in total. The summed E-state index contributed by atoms with van der Waals surface area (Å²) in [4.78, 5) is 2.25. The van der Waals surface area contributed by atoms with E-state index in [0.717, 1.165) is 58.5 Å². The molecule has 4 rings (SSSR count). The maximum Gasteiger partial charge on any atom is 0.229 e. The van der Waals surface area contributed by atoms with E-state index in [1.54, 1.807) is 6.07 Å². The zero-order valence-corrected chi connectivity index (χ0v) is 22.6. The Balaban J connectivity index is 1.55. The number of aryl methyl sites for hydroxylation is 1. The van der Waals surface area contributed by atoms with Crippen molar-refractivity contribution in [3.63, 3.8) is 0 Å². The van der Waals surface area contributed by atoms with Crippen molar-refractivity contribution in [2.24, 2.45) is 0 Å². The first kappa shape index (κ1) is 27.2. The van der Waals surface area contributed by atoms with Gasteiger partial charge in [0, 0.05) is 25.4 Å². The molecule has 4 aromatic rings. The van der Waals surface area contributed by atoms with Crippen molar-refractivity contribution in [2.75, 3.05) is 22.5 Å². The maximum absolute atomic E-state index is 11.9. The molecule has 0 atom stereocenters. The van der Waals surface area contributed by atoms with Crippen LogP contribution in [0.15, 0.2) is 97.1 Å². The molecule has 0 fully saturated rings. The Labute approximate surface area is 225 Å². The molecule has 4 aromatic carbocycles. The number of anilines is 2. The Morgan fingerprint density at radius 3 is 2.13 bits per heavy atom. The predicted molar refractivity (Wildman–Crippen MR) is 154 cm³/mol. The fourth-order valence-corrected chi connectivity index (χ4v) is 4.99. The van der Waals surface area contributed by atoms with Gasteiger partial charge in [0.15, 0.2) is 0 Å². The van der Waals surface area contributed by atoms with E-state index in [2.05, 4.69) is 33.9 Å². The first-order valence-corrected chi connectivity index (χ1v) is 14.5. The number of nitrogens with zero attached hydrogens (tertiary/aromatic N) is 1. The second-order valence-corrected chi connectivity index (χ2v) is 11.1. The molecule has 0 saturated heterocycles. The van der Waals surface area contributed by atoms with Gasteiger partial charge in [0.25, 0.3) is 0 Å². The highest BCUT2D eigenvalue weighted by Gasteiger charge is 2.15. The van der Waals surface area contributed by atoms with Gasteiger partial charge in [0.1, 0.15) is 11.5 Å². The van der Waals surface area contributed by atoms with Gasteiger partial charge in [-0.15, -0.1) is 0 Å². The van der Waals surface area contributed by atoms with E-state index in [-0.39, 0.29) is 6.61 Å². The van der Waals surface area contributed by atoms with Gasteiger partial charge in [-0.05, 0) is 78.4 Å². The lowest BCUT2D eigenvalue weighted by molar-refractivity contribution is 0.288. The SMILES string of the molecule is Cc1c(NS(C)(=O)=O)cccc1N(Cc1ccccc1)Cc1ccc(Oc2cccc(CCCO)c2)cc1. The van der Waals surface area contributed by atoms with Crippen molar-refractivity contribution in [3.05, 3.63) is 119 Å². The van der Waals surface area contributed by atoms with Crippen LogP contribution in [0, 0.1) is 6.92 Å². The van der Waals surface area contributed by atoms with Gasteiger partial charge in [-0.1, -0.05) is 60.7 Å². The maximum atomic E-state index is 11.9. The van der Waals surface area contributed by atoms with E-state index in [1.807, 2.05) is 73.7 Å². The molecule has 0 aromatic heterocycles. The quantitative estimate of drug-likeness (QED) is 0.225. The van der Waals surface area contributed by atoms with Gasteiger partial charge in [-0.3, -0.25) is 4.72 Å². The molecule has 0 radical (unpaired) electrons. The third kappa shape index (κ3) is 7.84. The van der Waals surface area contributed by atoms with Crippen molar-refractivity contribution in [2.45, 2.75) is 32.9 Å². The standard InChI is InChI=1S/C31H34N2O4S/c1-24-30(32-38(2,35)36)14-7-15-31(24)33(22-26-9-4-3-5-10-26)23-27-16-18-28(19-17-27)37-29-13-6-11-25(21-29)12-8-20-34/h3-7,9-11,13-19,21,32,34H,8,12,20,22-23H2,1-2H3. The molecule has 0 spiro atoms. The lowest BCUT2D eigenvalue weighted by atomic mass is 10.1. The van der Waals surface area contributed by atoms with Crippen LogP contribution in [0.2, 0.25) is 0 Å². The summed E-state index contributed by atoms with van der Waals surface area (Å²) in [6, 6.07) is 31.9. The normalized spacial score (nSPS) is 11.2. The van der Waals surface area contributed by atoms with Crippen LogP contribution in [0.25, 0.3) is 0 Å². The zero-order chi connectivity index (χ0) is 27.0. The fourth-order valence-electron chi connectivity index (χ4n) is 4.37. The van der Waals surface area contributed by atoms with Crippen LogP contribution in [0.4, 0.5) is 11.4 Å². The molecule has 0 aliphatic rings. The van der Waals surface area contributed by atoms with Gasteiger partial charge in [-0.2, -0.15) is 0 Å². The molecule has 6 nitrogen and oxygen atoms in total. The van der Waals surface area contributed by atoms with E-state index in [9.17, 15) is 8.42 Å². The van der Waals surface area contributed by atoms with E-state index >= 15 is 0 Å². The molecule has 0 amide bonds. The molecule has 7 heteroatoms. The topological polar surface area (TPSA) is 78.9 Å². The number of hydrogen-bond acceptors (Lipinski definition) is 5. The van der Waals surface area contributed by atoms with E-state index in [1.165, 1.54) is 0 Å². The van der Waals surface area contributed by atoms with Crippen LogP contribution in [0.5, 0.6) is 11.5 Å². The number of aliphatic hydroxyl groups is 1.